The van der Waals surface area contributed by atoms with Gasteiger partial charge in [-0.3, -0.25) is 9.69 Å². The SMILES string of the molecule is CNC(=O)C1CNCCN1CC(C#N)c1ccccc1. The number of benzene rings is 1. The van der Waals surface area contributed by atoms with E-state index in [1.165, 1.54) is 0 Å². The van der Waals surface area contributed by atoms with Gasteiger partial charge in [-0.1, -0.05) is 30.3 Å². The highest BCUT2D eigenvalue weighted by atomic mass is 16.2. The summed E-state index contributed by atoms with van der Waals surface area (Å²) in [4.78, 5) is 14.0. The Morgan fingerprint density at radius 3 is 2.95 bits per heavy atom. The second kappa shape index (κ2) is 7.04. The van der Waals surface area contributed by atoms with Gasteiger partial charge in [0.15, 0.2) is 0 Å². The summed E-state index contributed by atoms with van der Waals surface area (Å²) in [6.45, 7) is 2.84. The van der Waals surface area contributed by atoms with E-state index in [0.717, 1.165) is 18.7 Å². The minimum absolute atomic E-state index is 0.00181. The third-order valence-corrected chi connectivity index (χ3v) is 3.68. The Labute approximate surface area is 119 Å². The number of hydrogen-bond donors (Lipinski definition) is 2. The van der Waals surface area contributed by atoms with Gasteiger partial charge in [0.2, 0.25) is 5.91 Å². The fraction of sp³-hybridized carbons (Fsp3) is 0.467. The van der Waals surface area contributed by atoms with Gasteiger partial charge in [0.25, 0.3) is 0 Å². The summed E-state index contributed by atoms with van der Waals surface area (Å²) < 4.78 is 0. The molecule has 106 valence electrons. The van der Waals surface area contributed by atoms with Gasteiger partial charge in [-0.15, -0.1) is 0 Å². The first-order chi connectivity index (χ1) is 9.76. The molecule has 1 fully saturated rings. The lowest BCUT2D eigenvalue weighted by Gasteiger charge is -2.35. The average molecular weight is 272 g/mol. The summed E-state index contributed by atoms with van der Waals surface area (Å²) >= 11 is 0. The molecular formula is C15H20N4O. The molecule has 2 unspecified atom stereocenters. The van der Waals surface area contributed by atoms with Crippen molar-refractivity contribution in [1.82, 2.24) is 15.5 Å². The monoisotopic (exact) mass is 272 g/mol. The predicted molar refractivity (Wildman–Crippen MR) is 77.1 cm³/mol. The van der Waals surface area contributed by atoms with E-state index in [1.807, 2.05) is 30.3 Å². The van der Waals surface area contributed by atoms with Crippen LogP contribution in [-0.2, 0) is 4.79 Å². The van der Waals surface area contributed by atoms with Crippen LogP contribution in [0.25, 0.3) is 0 Å². The van der Waals surface area contributed by atoms with Crippen molar-refractivity contribution in [2.75, 3.05) is 33.2 Å². The molecule has 20 heavy (non-hydrogen) atoms. The lowest BCUT2D eigenvalue weighted by molar-refractivity contribution is -0.126. The van der Waals surface area contributed by atoms with E-state index in [9.17, 15) is 10.1 Å². The van der Waals surface area contributed by atoms with Crippen LogP contribution in [0.3, 0.4) is 0 Å². The summed E-state index contributed by atoms with van der Waals surface area (Å²) in [7, 11) is 1.65. The van der Waals surface area contributed by atoms with Crippen molar-refractivity contribution in [3.63, 3.8) is 0 Å². The first-order valence-electron chi connectivity index (χ1n) is 6.87. The Bertz CT molecular complexity index is 482. The molecule has 1 heterocycles. The van der Waals surface area contributed by atoms with E-state index in [0.29, 0.717) is 13.1 Å². The highest BCUT2D eigenvalue weighted by Crippen LogP contribution is 2.18. The maximum absolute atomic E-state index is 11.9. The first kappa shape index (κ1) is 14.5. The molecule has 0 radical (unpaired) electrons. The number of nitrogens with zero attached hydrogens (tertiary/aromatic N) is 2. The minimum Gasteiger partial charge on any atom is -0.358 e. The van der Waals surface area contributed by atoms with Crippen LogP contribution >= 0.6 is 0 Å². The normalized spacial score (nSPS) is 20.9. The van der Waals surface area contributed by atoms with E-state index < -0.39 is 0 Å². The largest absolute Gasteiger partial charge is 0.358 e. The van der Waals surface area contributed by atoms with Crippen LogP contribution < -0.4 is 10.6 Å². The van der Waals surface area contributed by atoms with Crippen molar-refractivity contribution in [3.8, 4) is 6.07 Å². The molecule has 5 nitrogen and oxygen atoms in total. The number of nitriles is 1. The van der Waals surface area contributed by atoms with Gasteiger partial charge in [-0.25, -0.2) is 0 Å². The van der Waals surface area contributed by atoms with Gasteiger partial charge in [-0.2, -0.15) is 5.26 Å². The minimum atomic E-state index is -0.207. The zero-order valence-electron chi connectivity index (χ0n) is 11.7. The Hall–Kier alpha value is -1.90. The molecule has 1 aromatic carbocycles. The van der Waals surface area contributed by atoms with Gasteiger partial charge in [0, 0.05) is 33.2 Å². The molecule has 2 atom stereocenters. The molecule has 1 amide bonds. The van der Waals surface area contributed by atoms with Crippen LogP contribution in [0, 0.1) is 11.3 Å². The highest BCUT2D eigenvalue weighted by molar-refractivity contribution is 5.81. The maximum atomic E-state index is 11.9. The molecule has 1 aliphatic rings. The molecule has 0 aromatic heterocycles. The Morgan fingerprint density at radius 1 is 1.55 bits per heavy atom. The number of amides is 1. The van der Waals surface area contributed by atoms with E-state index in [-0.39, 0.29) is 17.9 Å². The molecule has 0 aliphatic carbocycles. The van der Waals surface area contributed by atoms with Crippen molar-refractivity contribution in [2.24, 2.45) is 0 Å². The fourth-order valence-corrected chi connectivity index (χ4v) is 2.53. The Kier molecular flexibility index (Phi) is 5.10. The Balaban J connectivity index is 2.09. The summed E-state index contributed by atoms with van der Waals surface area (Å²) in [6.07, 6.45) is 0. The number of piperazine rings is 1. The maximum Gasteiger partial charge on any atom is 0.238 e. The summed E-state index contributed by atoms with van der Waals surface area (Å²) in [5.41, 5.74) is 1.00. The number of rotatable bonds is 4. The first-order valence-corrected chi connectivity index (χ1v) is 6.87. The predicted octanol–water partition coefficient (Wildman–Crippen LogP) is 0.314. The molecule has 0 spiro atoms. The molecular weight excluding hydrogens is 252 g/mol. The van der Waals surface area contributed by atoms with Crippen LogP contribution in [0.4, 0.5) is 0 Å². The fourth-order valence-electron chi connectivity index (χ4n) is 2.53. The molecule has 0 saturated carbocycles. The van der Waals surface area contributed by atoms with Crippen LogP contribution in [0.2, 0.25) is 0 Å². The van der Waals surface area contributed by atoms with Crippen LogP contribution in [-0.4, -0.2) is 50.1 Å². The van der Waals surface area contributed by atoms with Crippen molar-refractivity contribution in [3.05, 3.63) is 35.9 Å². The van der Waals surface area contributed by atoms with Gasteiger partial charge in [-0.05, 0) is 5.56 Å². The van der Waals surface area contributed by atoms with Crippen molar-refractivity contribution >= 4 is 5.91 Å². The average Bonchev–Trinajstić information content (AvgIpc) is 2.53. The second-order valence-corrected chi connectivity index (χ2v) is 4.92. The second-order valence-electron chi connectivity index (χ2n) is 4.92. The van der Waals surface area contributed by atoms with E-state index >= 15 is 0 Å². The van der Waals surface area contributed by atoms with Gasteiger partial charge >= 0.3 is 0 Å². The molecule has 2 rings (SSSR count). The van der Waals surface area contributed by atoms with Crippen molar-refractivity contribution in [1.29, 1.82) is 5.26 Å². The number of hydrogen-bond acceptors (Lipinski definition) is 4. The zero-order valence-corrected chi connectivity index (χ0v) is 11.7. The van der Waals surface area contributed by atoms with Gasteiger partial charge in [0.1, 0.15) is 6.04 Å². The van der Waals surface area contributed by atoms with Crippen LogP contribution in [0.15, 0.2) is 30.3 Å². The molecule has 1 aliphatic heterocycles. The van der Waals surface area contributed by atoms with E-state index in [4.69, 9.17) is 0 Å². The van der Waals surface area contributed by atoms with Crippen LogP contribution in [0.1, 0.15) is 11.5 Å². The van der Waals surface area contributed by atoms with Crippen LogP contribution in [0.5, 0.6) is 0 Å². The number of nitrogens with one attached hydrogen (secondary N) is 2. The van der Waals surface area contributed by atoms with Gasteiger partial charge < -0.3 is 10.6 Å². The molecule has 1 aromatic rings. The number of carbonyl (C=O) groups excluding carboxylic acids is 1. The smallest absolute Gasteiger partial charge is 0.238 e. The topological polar surface area (TPSA) is 68.2 Å². The zero-order chi connectivity index (χ0) is 14.4. The summed E-state index contributed by atoms with van der Waals surface area (Å²) in [6, 6.07) is 11.9. The lowest BCUT2D eigenvalue weighted by atomic mass is 9.98. The molecule has 2 N–H and O–H groups in total. The lowest BCUT2D eigenvalue weighted by Crippen LogP contribution is -2.58. The molecule has 5 heteroatoms. The third kappa shape index (κ3) is 3.35. The van der Waals surface area contributed by atoms with E-state index in [2.05, 4.69) is 21.6 Å². The summed E-state index contributed by atoms with van der Waals surface area (Å²) in [5, 5.41) is 15.3. The standard InChI is InChI=1S/C15H20N4O/c1-17-15(20)14-10-18-7-8-19(14)11-13(9-16)12-5-3-2-4-6-12/h2-6,13-14,18H,7-8,10-11H2,1H3,(H,17,20). The van der Waals surface area contributed by atoms with Crippen molar-refractivity contribution in [2.45, 2.75) is 12.0 Å². The molecule has 0 bridgehead atoms. The van der Waals surface area contributed by atoms with Crippen molar-refractivity contribution < 1.29 is 4.79 Å². The van der Waals surface area contributed by atoms with Gasteiger partial charge in [0.05, 0.1) is 12.0 Å². The Morgan fingerprint density at radius 2 is 2.30 bits per heavy atom. The number of carbonyl (C=O) groups is 1. The quantitative estimate of drug-likeness (QED) is 0.828. The summed E-state index contributed by atoms with van der Waals surface area (Å²) in [5.74, 6) is -0.205. The highest BCUT2D eigenvalue weighted by Gasteiger charge is 2.29. The van der Waals surface area contributed by atoms with E-state index in [1.54, 1.807) is 7.05 Å². The third-order valence-electron chi connectivity index (χ3n) is 3.68. The number of likely N-dealkylation sites (N-methyl/N-ethyl adjacent to an activating group) is 1. The molecule has 1 saturated heterocycles.